The highest BCUT2D eigenvalue weighted by atomic mass is 19.1. The lowest BCUT2D eigenvalue weighted by molar-refractivity contribution is -0.131. The number of benzene rings is 1. The van der Waals surface area contributed by atoms with Gasteiger partial charge >= 0.3 is 6.09 Å². The van der Waals surface area contributed by atoms with Crippen LogP contribution in [0.5, 0.6) is 0 Å². The van der Waals surface area contributed by atoms with Crippen molar-refractivity contribution >= 4 is 17.7 Å². The summed E-state index contributed by atoms with van der Waals surface area (Å²) in [4.78, 5) is 28.6. The van der Waals surface area contributed by atoms with Gasteiger partial charge in [-0.2, -0.15) is 0 Å². The third-order valence-electron chi connectivity index (χ3n) is 3.21. The summed E-state index contributed by atoms with van der Waals surface area (Å²) < 4.78 is 18.3. The number of halogens is 1. The molecule has 7 nitrogen and oxygen atoms in total. The lowest BCUT2D eigenvalue weighted by atomic mass is 10.0. The first-order valence-corrected chi connectivity index (χ1v) is 7.98. The van der Waals surface area contributed by atoms with Crippen molar-refractivity contribution in [2.24, 2.45) is 5.16 Å². The maximum atomic E-state index is 13.2. The van der Waals surface area contributed by atoms with E-state index in [0.29, 0.717) is 11.3 Å². The van der Waals surface area contributed by atoms with Crippen LogP contribution in [0.25, 0.3) is 0 Å². The Kier molecular flexibility index (Phi) is 5.95. The zero-order valence-corrected chi connectivity index (χ0v) is 14.5. The van der Waals surface area contributed by atoms with Gasteiger partial charge in [0.25, 0.3) is 5.91 Å². The van der Waals surface area contributed by atoms with Gasteiger partial charge in [-0.3, -0.25) is 4.79 Å². The lowest BCUT2D eigenvalue weighted by Crippen LogP contribution is -2.41. The van der Waals surface area contributed by atoms with Gasteiger partial charge in [0.15, 0.2) is 0 Å². The second-order valence-electron chi connectivity index (χ2n) is 6.57. The van der Waals surface area contributed by atoms with E-state index in [2.05, 4.69) is 15.8 Å². The second-order valence-corrected chi connectivity index (χ2v) is 6.57. The van der Waals surface area contributed by atoms with Gasteiger partial charge in [0.05, 0.1) is 5.71 Å². The molecule has 0 fully saturated rings. The van der Waals surface area contributed by atoms with Crippen molar-refractivity contribution < 1.29 is 23.6 Å². The standard InChI is InChI=1S/C17H22FN3O4/c1-17(2,3)24-16(23)20-8-7-19-15(22)14-10-13(21-25-14)11-5-4-6-12(18)9-11/h4-6,9,14H,7-8,10H2,1-3H3,(H,19,22)(H,20,23)/t14-/m1/s1. The first kappa shape index (κ1) is 18.7. The van der Waals surface area contributed by atoms with Gasteiger partial charge in [0.1, 0.15) is 11.4 Å². The Morgan fingerprint density at radius 1 is 1.32 bits per heavy atom. The van der Waals surface area contributed by atoms with Gasteiger partial charge in [0, 0.05) is 25.1 Å². The third-order valence-corrected chi connectivity index (χ3v) is 3.21. The Morgan fingerprint density at radius 2 is 2.04 bits per heavy atom. The van der Waals surface area contributed by atoms with E-state index >= 15 is 0 Å². The fourth-order valence-electron chi connectivity index (χ4n) is 2.13. The molecule has 1 aliphatic heterocycles. The molecule has 2 rings (SSSR count). The van der Waals surface area contributed by atoms with E-state index in [0.717, 1.165) is 0 Å². The summed E-state index contributed by atoms with van der Waals surface area (Å²) in [5, 5.41) is 9.03. The molecule has 1 atom stereocenters. The Hall–Kier alpha value is -2.64. The summed E-state index contributed by atoms with van der Waals surface area (Å²) in [7, 11) is 0. The van der Waals surface area contributed by atoms with E-state index in [1.807, 2.05) is 0 Å². The second kappa shape index (κ2) is 7.96. The first-order chi connectivity index (χ1) is 11.7. The molecule has 2 amide bonds. The SMILES string of the molecule is CC(C)(C)OC(=O)NCCNC(=O)[C@H]1CC(c2cccc(F)c2)=NO1. The molecule has 0 unspecified atom stereocenters. The topological polar surface area (TPSA) is 89.0 Å². The summed E-state index contributed by atoms with van der Waals surface area (Å²) >= 11 is 0. The van der Waals surface area contributed by atoms with Gasteiger partial charge in [-0.05, 0) is 32.9 Å². The highest BCUT2D eigenvalue weighted by molar-refractivity contribution is 6.04. The summed E-state index contributed by atoms with van der Waals surface area (Å²) in [6, 6.07) is 5.95. The molecule has 0 aliphatic carbocycles. The van der Waals surface area contributed by atoms with Crippen molar-refractivity contribution in [3.8, 4) is 0 Å². The lowest BCUT2D eigenvalue weighted by Gasteiger charge is -2.19. The first-order valence-electron chi connectivity index (χ1n) is 7.98. The highest BCUT2D eigenvalue weighted by Crippen LogP contribution is 2.17. The number of oxime groups is 1. The Balaban J connectivity index is 1.70. The van der Waals surface area contributed by atoms with Crippen molar-refractivity contribution in [1.29, 1.82) is 0 Å². The number of hydrogen-bond donors (Lipinski definition) is 2. The van der Waals surface area contributed by atoms with Crippen molar-refractivity contribution in [2.75, 3.05) is 13.1 Å². The number of ether oxygens (including phenoxy) is 1. The van der Waals surface area contributed by atoms with Crippen LogP contribution in [0.15, 0.2) is 29.4 Å². The minimum atomic E-state index is -0.764. The van der Waals surface area contributed by atoms with Crippen molar-refractivity contribution in [3.63, 3.8) is 0 Å². The summed E-state index contributed by atoms with van der Waals surface area (Å²) in [5.74, 6) is -0.720. The quantitative estimate of drug-likeness (QED) is 0.794. The fraction of sp³-hybridized carbons (Fsp3) is 0.471. The average molecular weight is 351 g/mol. The van der Waals surface area contributed by atoms with Crippen LogP contribution in [-0.4, -0.2) is 42.5 Å². The molecule has 2 N–H and O–H groups in total. The molecule has 1 aromatic rings. The van der Waals surface area contributed by atoms with E-state index < -0.39 is 17.8 Å². The molecule has 136 valence electrons. The molecule has 8 heteroatoms. The predicted molar refractivity (Wildman–Crippen MR) is 89.7 cm³/mol. The predicted octanol–water partition coefficient (Wildman–Crippen LogP) is 1.96. The summed E-state index contributed by atoms with van der Waals surface area (Å²) in [5.41, 5.74) is 0.531. The molecule has 1 aromatic carbocycles. The number of amides is 2. The van der Waals surface area contributed by atoms with Crippen molar-refractivity contribution in [2.45, 2.75) is 38.9 Å². The van der Waals surface area contributed by atoms with Crippen LogP contribution in [0.3, 0.4) is 0 Å². The molecule has 0 saturated heterocycles. The smallest absolute Gasteiger partial charge is 0.407 e. The molecule has 1 heterocycles. The normalized spacial score (nSPS) is 16.6. The average Bonchev–Trinajstić information content (AvgIpc) is 2.99. The monoisotopic (exact) mass is 351 g/mol. The Labute approximate surface area is 145 Å². The van der Waals surface area contributed by atoms with Gasteiger partial charge in [-0.1, -0.05) is 17.3 Å². The minimum Gasteiger partial charge on any atom is -0.444 e. The van der Waals surface area contributed by atoms with E-state index in [4.69, 9.17) is 9.57 Å². The van der Waals surface area contributed by atoms with Crippen LogP contribution in [0.2, 0.25) is 0 Å². The number of alkyl carbamates (subject to hydrolysis) is 1. The summed E-state index contributed by atoms with van der Waals surface area (Å²) in [6.07, 6.45) is -1.05. The maximum absolute atomic E-state index is 13.2. The Morgan fingerprint density at radius 3 is 2.72 bits per heavy atom. The van der Waals surface area contributed by atoms with Crippen molar-refractivity contribution in [1.82, 2.24) is 10.6 Å². The van der Waals surface area contributed by atoms with Gasteiger partial charge < -0.3 is 20.2 Å². The summed E-state index contributed by atoms with van der Waals surface area (Å²) in [6.45, 7) is 5.75. The molecular formula is C17H22FN3O4. The number of carbonyl (C=O) groups is 2. The fourth-order valence-corrected chi connectivity index (χ4v) is 2.13. The van der Waals surface area contributed by atoms with Crippen LogP contribution >= 0.6 is 0 Å². The molecule has 25 heavy (non-hydrogen) atoms. The molecular weight excluding hydrogens is 329 g/mol. The number of nitrogens with zero attached hydrogens (tertiary/aromatic N) is 1. The molecule has 0 saturated carbocycles. The molecule has 1 aliphatic rings. The van der Waals surface area contributed by atoms with E-state index in [9.17, 15) is 14.0 Å². The van der Waals surface area contributed by atoms with Gasteiger partial charge in [-0.15, -0.1) is 0 Å². The number of carbonyl (C=O) groups excluding carboxylic acids is 2. The number of hydrogen-bond acceptors (Lipinski definition) is 5. The van der Waals surface area contributed by atoms with Crippen LogP contribution in [0.4, 0.5) is 9.18 Å². The minimum absolute atomic E-state index is 0.227. The van der Waals surface area contributed by atoms with Crippen LogP contribution in [0, 0.1) is 5.82 Å². The van der Waals surface area contributed by atoms with Gasteiger partial charge in [0.2, 0.25) is 6.10 Å². The molecule has 0 spiro atoms. The van der Waals surface area contributed by atoms with E-state index in [1.165, 1.54) is 12.1 Å². The molecule has 0 aromatic heterocycles. The maximum Gasteiger partial charge on any atom is 0.407 e. The number of nitrogens with one attached hydrogen (secondary N) is 2. The molecule has 0 radical (unpaired) electrons. The Bertz CT molecular complexity index is 670. The zero-order valence-electron chi connectivity index (χ0n) is 14.5. The largest absolute Gasteiger partial charge is 0.444 e. The number of rotatable bonds is 5. The van der Waals surface area contributed by atoms with Crippen LogP contribution in [-0.2, 0) is 14.4 Å². The van der Waals surface area contributed by atoms with Crippen LogP contribution in [0.1, 0.15) is 32.8 Å². The highest BCUT2D eigenvalue weighted by Gasteiger charge is 2.28. The van der Waals surface area contributed by atoms with Crippen LogP contribution < -0.4 is 10.6 Å². The van der Waals surface area contributed by atoms with Gasteiger partial charge in [-0.25, -0.2) is 9.18 Å². The van der Waals surface area contributed by atoms with Crippen molar-refractivity contribution in [3.05, 3.63) is 35.6 Å². The zero-order chi connectivity index (χ0) is 18.4. The van der Waals surface area contributed by atoms with E-state index in [1.54, 1.807) is 32.9 Å². The molecule has 0 bridgehead atoms. The third kappa shape index (κ3) is 6.06. The van der Waals surface area contributed by atoms with E-state index in [-0.39, 0.29) is 31.2 Å².